The van der Waals surface area contributed by atoms with Gasteiger partial charge in [-0.05, 0) is 94.5 Å². The number of methoxy groups -OCH3 is 1. The van der Waals surface area contributed by atoms with Crippen LogP contribution in [0.15, 0.2) is 91.0 Å². The van der Waals surface area contributed by atoms with E-state index in [4.69, 9.17) is 14.2 Å². The number of fused-ring (bicyclic) bond motifs is 3. The number of rotatable bonds is 17. The lowest BCUT2D eigenvalue weighted by Gasteiger charge is -2.31. The number of hydrogen-bond acceptors (Lipinski definition) is 8. The molecule has 272 valence electrons. The molecule has 5 aromatic rings. The topological polar surface area (TPSA) is 91.1 Å². The Morgan fingerprint density at radius 2 is 1.52 bits per heavy atom. The van der Waals surface area contributed by atoms with Crippen molar-refractivity contribution in [2.24, 2.45) is 0 Å². The second-order valence-corrected chi connectivity index (χ2v) is 15.9. The number of amides is 1. The molecule has 10 heteroatoms. The summed E-state index contributed by atoms with van der Waals surface area (Å²) >= 11 is 3.67. The number of hydrogen-bond donors (Lipinski definition) is 0. The van der Waals surface area contributed by atoms with E-state index in [2.05, 4.69) is 80.6 Å². The standard InChI is InChI=1S/C42H46N2O6S2/c1-4-51-42(52-5-2)37-18-13-23-43(37)41(45)36-27-39(48-3)40(28-38(36)44(46)47)50-25-12-6-11-24-49-31-21-19-29(20-22-31)35-26-30-14-7-8-15-32(30)33-16-9-10-17-34(33)35/h7-10,14-17,19-22,26-28,37,42H,4-6,11-13,18,23-25H2,1-3H3/t37-/m0/s1. The van der Waals surface area contributed by atoms with Crippen LogP contribution in [0.5, 0.6) is 17.2 Å². The molecule has 1 heterocycles. The number of nitro benzene ring substituents is 1. The minimum absolute atomic E-state index is 0.0309. The van der Waals surface area contributed by atoms with E-state index in [1.54, 1.807) is 0 Å². The molecule has 0 bridgehead atoms. The summed E-state index contributed by atoms with van der Waals surface area (Å²) in [4.78, 5) is 27.3. The minimum Gasteiger partial charge on any atom is -0.494 e. The Kier molecular flexibility index (Phi) is 12.8. The highest BCUT2D eigenvalue weighted by molar-refractivity contribution is 8.17. The van der Waals surface area contributed by atoms with Crippen LogP contribution in [-0.4, -0.2) is 64.7 Å². The quantitative estimate of drug-likeness (QED) is 0.0306. The van der Waals surface area contributed by atoms with Crippen molar-refractivity contribution in [3.8, 4) is 28.4 Å². The summed E-state index contributed by atoms with van der Waals surface area (Å²) in [6.07, 6.45) is 4.19. The molecule has 0 radical (unpaired) electrons. The van der Waals surface area contributed by atoms with E-state index in [1.165, 1.54) is 46.4 Å². The van der Waals surface area contributed by atoms with Crippen molar-refractivity contribution in [3.63, 3.8) is 0 Å². The van der Waals surface area contributed by atoms with Gasteiger partial charge in [0.25, 0.3) is 11.6 Å². The van der Waals surface area contributed by atoms with Crippen LogP contribution in [0.2, 0.25) is 0 Å². The molecule has 1 aliphatic heterocycles. The first kappa shape index (κ1) is 37.4. The van der Waals surface area contributed by atoms with Crippen molar-refractivity contribution < 1.29 is 23.9 Å². The predicted molar refractivity (Wildman–Crippen MR) is 215 cm³/mol. The highest BCUT2D eigenvalue weighted by Gasteiger charge is 2.38. The molecule has 1 amide bonds. The van der Waals surface area contributed by atoms with Crippen LogP contribution in [0, 0.1) is 10.1 Å². The maximum atomic E-state index is 13.8. The highest BCUT2D eigenvalue weighted by atomic mass is 32.2. The van der Waals surface area contributed by atoms with Gasteiger partial charge >= 0.3 is 0 Å². The van der Waals surface area contributed by atoms with Crippen molar-refractivity contribution in [2.45, 2.75) is 56.6 Å². The SMILES string of the molecule is CCSC(SCC)[C@@H]1CCCN1C(=O)c1cc(OC)c(OCCCCCOc2ccc(-c3cc4ccccc4c4ccccc34)cc2)cc1[N+](=O)[O-]. The lowest BCUT2D eigenvalue weighted by molar-refractivity contribution is -0.385. The van der Waals surface area contributed by atoms with Crippen molar-refractivity contribution in [1.82, 2.24) is 4.90 Å². The fourth-order valence-corrected chi connectivity index (χ4v) is 9.87. The van der Waals surface area contributed by atoms with Gasteiger partial charge in [-0.3, -0.25) is 14.9 Å². The summed E-state index contributed by atoms with van der Waals surface area (Å²) in [7, 11) is 1.49. The zero-order valence-corrected chi connectivity index (χ0v) is 31.7. The molecule has 0 unspecified atom stereocenters. The van der Waals surface area contributed by atoms with Gasteiger partial charge in [-0.25, -0.2) is 0 Å². The third-order valence-electron chi connectivity index (χ3n) is 9.49. The van der Waals surface area contributed by atoms with Crippen LogP contribution in [-0.2, 0) is 0 Å². The van der Waals surface area contributed by atoms with Gasteiger partial charge in [0.2, 0.25) is 0 Å². The van der Waals surface area contributed by atoms with Gasteiger partial charge in [0.15, 0.2) is 11.5 Å². The van der Waals surface area contributed by atoms with Crippen molar-refractivity contribution in [1.29, 1.82) is 0 Å². The molecule has 0 N–H and O–H groups in total. The third kappa shape index (κ3) is 8.45. The number of nitro groups is 1. The number of ether oxygens (including phenoxy) is 3. The molecular formula is C42H46N2O6S2. The Bertz CT molecular complexity index is 2000. The van der Waals surface area contributed by atoms with E-state index >= 15 is 0 Å². The highest BCUT2D eigenvalue weighted by Crippen LogP contribution is 2.40. The molecule has 52 heavy (non-hydrogen) atoms. The molecule has 1 atom stereocenters. The largest absolute Gasteiger partial charge is 0.494 e. The lowest BCUT2D eigenvalue weighted by Crippen LogP contribution is -2.41. The number of thioether (sulfide) groups is 2. The number of likely N-dealkylation sites (tertiary alicyclic amines) is 1. The van der Waals surface area contributed by atoms with Crippen molar-refractivity contribution in [2.75, 3.05) is 38.4 Å². The zero-order chi connectivity index (χ0) is 36.5. The van der Waals surface area contributed by atoms with E-state index in [-0.39, 0.29) is 33.5 Å². The van der Waals surface area contributed by atoms with Gasteiger partial charge in [0.1, 0.15) is 11.3 Å². The van der Waals surface area contributed by atoms with Gasteiger partial charge in [0, 0.05) is 12.6 Å². The Morgan fingerprint density at radius 1 is 0.846 bits per heavy atom. The Balaban J connectivity index is 1.02. The summed E-state index contributed by atoms with van der Waals surface area (Å²) in [6, 6.07) is 30.4. The summed E-state index contributed by atoms with van der Waals surface area (Å²) in [5, 5.41) is 17.1. The van der Waals surface area contributed by atoms with Gasteiger partial charge in [-0.1, -0.05) is 74.5 Å². The fourth-order valence-electron chi connectivity index (χ4n) is 7.00. The molecule has 8 nitrogen and oxygen atoms in total. The zero-order valence-electron chi connectivity index (χ0n) is 30.0. The van der Waals surface area contributed by atoms with E-state index in [0.717, 1.165) is 54.9 Å². The van der Waals surface area contributed by atoms with Crippen molar-refractivity contribution in [3.05, 3.63) is 107 Å². The van der Waals surface area contributed by atoms with Crippen LogP contribution in [0.25, 0.3) is 32.7 Å². The molecule has 0 saturated carbocycles. The Morgan fingerprint density at radius 3 is 2.21 bits per heavy atom. The second-order valence-electron chi connectivity index (χ2n) is 12.7. The monoisotopic (exact) mass is 738 g/mol. The summed E-state index contributed by atoms with van der Waals surface area (Å²) in [5.74, 6) is 2.97. The molecule has 1 aliphatic rings. The van der Waals surface area contributed by atoms with Crippen molar-refractivity contribution >= 4 is 56.7 Å². The average molecular weight is 739 g/mol. The molecule has 6 rings (SSSR count). The molecule has 1 saturated heterocycles. The molecule has 5 aromatic carbocycles. The van der Waals surface area contributed by atoms with Crippen LogP contribution in [0.3, 0.4) is 0 Å². The van der Waals surface area contributed by atoms with Crippen LogP contribution >= 0.6 is 23.5 Å². The summed E-state index contributed by atoms with van der Waals surface area (Å²) in [5.41, 5.74) is 2.12. The van der Waals surface area contributed by atoms with Gasteiger partial charge in [-0.2, -0.15) is 0 Å². The predicted octanol–water partition coefficient (Wildman–Crippen LogP) is 10.6. The maximum Gasteiger partial charge on any atom is 0.286 e. The Labute approximate surface area is 314 Å². The van der Waals surface area contributed by atoms with E-state index in [1.807, 2.05) is 40.6 Å². The maximum absolute atomic E-state index is 13.8. The first-order valence-electron chi connectivity index (χ1n) is 18.1. The van der Waals surface area contributed by atoms with Crippen LogP contribution < -0.4 is 14.2 Å². The van der Waals surface area contributed by atoms with E-state index in [0.29, 0.717) is 25.5 Å². The lowest BCUT2D eigenvalue weighted by atomic mass is 9.93. The number of benzene rings is 5. The number of unbranched alkanes of at least 4 members (excludes halogenated alkanes) is 2. The normalized spacial score (nSPS) is 14.3. The molecule has 0 aromatic heterocycles. The van der Waals surface area contributed by atoms with Gasteiger partial charge in [0.05, 0.1) is 41.9 Å². The minimum atomic E-state index is -0.502. The molecular weight excluding hydrogens is 693 g/mol. The van der Waals surface area contributed by atoms with E-state index < -0.39 is 4.92 Å². The summed E-state index contributed by atoms with van der Waals surface area (Å²) < 4.78 is 17.8. The smallest absolute Gasteiger partial charge is 0.286 e. The first-order chi connectivity index (χ1) is 25.4. The summed E-state index contributed by atoms with van der Waals surface area (Å²) in [6.45, 7) is 5.74. The number of carbonyl (C=O) groups is 1. The second kappa shape index (κ2) is 17.9. The van der Waals surface area contributed by atoms with Gasteiger partial charge in [-0.15, -0.1) is 23.5 Å². The average Bonchev–Trinajstić information content (AvgIpc) is 3.67. The first-order valence-corrected chi connectivity index (χ1v) is 20.2. The van der Waals surface area contributed by atoms with Crippen LogP contribution in [0.4, 0.5) is 5.69 Å². The number of nitrogens with zero attached hydrogens (tertiary/aromatic N) is 2. The molecule has 0 spiro atoms. The molecule has 0 aliphatic carbocycles. The third-order valence-corrected chi connectivity index (χ3v) is 12.3. The van der Waals surface area contributed by atoms with E-state index in [9.17, 15) is 14.9 Å². The fraction of sp³-hybridized carbons (Fsp3) is 0.357. The Hall–Kier alpha value is -4.41. The molecule has 1 fully saturated rings. The van der Waals surface area contributed by atoms with Crippen LogP contribution in [0.1, 0.15) is 56.3 Å². The number of carbonyl (C=O) groups excluding carboxylic acids is 1. The van der Waals surface area contributed by atoms with Gasteiger partial charge < -0.3 is 19.1 Å².